The van der Waals surface area contributed by atoms with Crippen LogP contribution in [-0.4, -0.2) is 30.8 Å². The van der Waals surface area contributed by atoms with Gasteiger partial charge in [-0.15, -0.1) is 0 Å². The van der Waals surface area contributed by atoms with Crippen LogP contribution in [0.1, 0.15) is 34.1 Å². The van der Waals surface area contributed by atoms with Crippen LogP contribution in [0.25, 0.3) is 0 Å². The maximum Gasteiger partial charge on any atom is 0.500 e. The molecular weight excluding hydrogens is 205 g/mol. The highest BCUT2D eigenvalue weighted by atomic mass is 16.7. The van der Waals surface area contributed by atoms with Crippen molar-refractivity contribution in [2.24, 2.45) is 0 Å². The van der Waals surface area contributed by atoms with Gasteiger partial charge >= 0.3 is 7.12 Å². The highest BCUT2D eigenvalue weighted by molar-refractivity contribution is 6.62. The van der Waals surface area contributed by atoms with E-state index in [1.54, 1.807) is 0 Å². The fraction of sp³-hybridized carbons (Fsp3) is 0.727. The van der Waals surface area contributed by atoms with Crippen molar-refractivity contribution < 1.29 is 14.1 Å². The van der Waals surface area contributed by atoms with E-state index in [9.17, 15) is 4.79 Å². The summed E-state index contributed by atoms with van der Waals surface area (Å²) < 4.78 is 11.6. The van der Waals surface area contributed by atoms with Crippen LogP contribution in [0.15, 0.2) is 11.5 Å². The monoisotopic (exact) mass is 223 g/mol. The van der Waals surface area contributed by atoms with E-state index in [0.717, 1.165) is 6.42 Å². The summed E-state index contributed by atoms with van der Waals surface area (Å²) in [6.07, 6.45) is 2.74. The molecular formula is C11H18BNO3. The van der Waals surface area contributed by atoms with E-state index in [2.05, 4.69) is 5.32 Å². The molecule has 16 heavy (non-hydrogen) atoms. The van der Waals surface area contributed by atoms with E-state index in [4.69, 9.17) is 9.31 Å². The third-order valence-electron chi connectivity index (χ3n) is 3.56. The van der Waals surface area contributed by atoms with Crippen molar-refractivity contribution in [3.8, 4) is 0 Å². The minimum absolute atomic E-state index is 0.0789. The number of carbonyl (C=O) groups is 1. The summed E-state index contributed by atoms with van der Waals surface area (Å²) >= 11 is 0. The molecule has 0 bridgehead atoms. The van der Waals surface area contributed by atoms with Crippen LogP contribution < -0.4 is 5.32 Å². The number of amides is 1. The first kappa shape index (κ1) is 11.7. The van der Waals surface area contributed by atoms with E-state index in [1.165, 1.54) is 0 Å². The van der Waals surface area contributed by atoms with Gasteiger partial charge in [0.1, 0.15) is 0 Å². The highest BCUT2D eigenvalue weighted by Crippen LogP contribution is 2.38. The zero-order valence-corrected chi connectivity index (χ0v) is 10.3. The minimum atomic E-state index is -0.537. The van der Waals surface area contributed by atoms with E-state index in [0.29, 0.717) is 12.0 Å². The zero-order valence-electron chi connectivity index (χ0n) is 10.3. The van der Waals surface area contributed by atoms with Gasteiger partial charge in [0, 0.05) is 12.0 Å². The van der Waals surface area contributed by atoms with Gasteiger partial charge in [0.25, 0.3) is 0 Å². The number of hydrogen-bond acceptors (Lipinski definition) is 3. The number of hydrogen-bond donors (Lipinski definition) is 1. The Morgan fingerprint density at radius 3 is 2.31 bits per heavy atom. The molecule has 2 rings (SSSR count). The largest absolute Gasteiger partial charge is 0.500 e. The molecule has 88 valence electrons. The van der Waals surface area contributed by atoms with Gasteiger partial charge in [0.15, 0.2) is 0 Å². The lowest BCUT2D eigenvalue weighted by atomic mass is 9.76. The second kappa shape index (κ2) is 3.60. The molecule has 0 radical (unpaired) electrons. The van der Waals surface area contributed by atoms with Crippen LogP contribution in [0.5, 0.6) is 0 Å². The van der Waals surface area contributed by atoms with Crippen molar-refractivity contribution in [2.45, 2.75) is 45.3 Å². The SMILES string of the molecule is CC1(C)OB(C2=CCCNC2=O)OC1(C)C. The molecule has 2 aliphatic heterocycles. The molecule has 0 aliphatic carbocycles. The molecule has 1 saturated heterocycles. The van der Waals surface area contributed by atoms with E-state index >= 15 is 0 Å². The van der Waals surface area contributed by atoms with Crippen molar-refractivity contribution in [2.75, 3.05) is 6.54 Å². The van der Waals surface area contributed by atoms with Crippen LogP contribution in [0.3, 0.4) is 0 Å². The molecule has 2 aliphatic rings. The molecule has 0 aromatic heterocycles. The summed E-state index contributed by atoms with van der Waals surface area (Å²) in [6.45, 7) is 8.62. The molecule has 0 spiro atoms. The normalized spacial score (nSPS) is 27.6. The molecule has 1 fully saturated rings. The molecule has 0 unspecified atom stereocenters. The predicted octanol–water partition coefficient (Wildman–Crippen LogP) is 1.06. The summed E-state index contributed by atoms with van der Waals surface area (Å²) in [7, 11) is -0.537. The molecule has 1 N–H and O–H groups in total. The van der Waals surface area contributed by atoms with Crippen LogP contribution in [0, 0.1) is 0 Å². The Bertz CT molecular complexity index is 333. The number of nitrogens with one attached hydrogen (secondary N) is 1. The maximum absolute atomic E-state index is 11.7. The predicted molar refractivity (Wildman–Crippen MR) is 61.8 cm³/mol. The third-order valence-corrected chi connectivity index (χ3v) is 3.56. The van der Waals surface area contributed by atoms with Crippen molar-refractivity contribution in [3.05, 3.63) is 11.5 Å². The zero-order chi connectivity index (χ0) is 12.0. The van der Waals surface area contributed by atoms with Gasteiger partial charge in [0.05, 0.1) is 11.2 Å². The summed E-state index contributed by atoms with van der Waals surface area (Å²) in [5, 5.41) is 2.80. The van der Waals surface area contributed by atoms with Crippen molar-refractivity contribution in [1.82, 2.24) is 5.32 Å². The second-order valence-electron chi connectivity index (χ2n) is 5.29. The lowest BCUT2D eigenvalue weighted by Gasteiger charge is -2.32. The summed E-state index contributed by atoms with van der Waals surface area (Å²) in [6, 6.07) is 0. The fourth-order valence-corrected chi connectivity index (χ4v) is 1.78. The third kappa shape index (κ3) is 1.78. The summed E-state index contributed by atoms with van der Waals surface area (Å²) in [5.74, 6) is -0.0789. The maximum atomic E-state index is 11.7. The van der Waals surface area contributed by atoms with Crippen molar-refractivity contribution in [3.63, 3.8) is 0 Å². The Kier molecular flexibility index (Phi) is 2.63. The van der Waals surface area contributed by atoms with E-state index in [1.807, 2.05) is 33.8 Å². The Hall–Kier alpha value is -0.805. The first-order valence-corrected chi connectivity index (χ1v) is 5.67. The molecule has 5 heteroatoms. The summed E-state index contributed by atoms with van der Waals surface area (Å²) in [5.41, 5.74) is -0.183. The first-order valence-electron chi connectivity index (χ1n) is 5.67. The molecule has 0 saturated carbocycles. The molecule has 0 aromatic rings. The number of rotatable bonds is 1. The summed E-state index contributed by atoms with van der Waals surface area (Å²) in [4.78, 5) is 11.7. The van der Waals surface area contributed by atoms with Crippen LogP contribution >= 0.6 is 0 Å². The lowest BCUT2D eigenvalue weighted by molar-refractivity contribution is -0.117. The Labute approximate surface area is 96.5 Å². The van der Waals surface area contributed by atoms with Crippen LogP contribution in [0.2, 0.25) is 0 Å². The van der Waals surface area contributed by atoms with Gasteiger partial charge in [-0.2, -0.15) is 0 Å². The molecule has 0 aromatic carbocycles. The fourth-order valence-electron chi connectivity index (χ4n) is 1.78. The smallest absolute Gasteiger partial charge is 0.399 e. The number of carbonyl (C=O) groups excluding carboxylic acids is 1. The van der Waals surface area contributed by atoms with Gasteiger partial charge < -0.3 is 14.6 Å². The standard InChI is InChI=1S/C11H18BNO3/c1-10(2)11(3,4)16-12(15-10)8-6-5-7-13-9(8)14/h6H,5,7H2,1-4H3,(H,13,14). The van der Waals surface area contributed by atoms with Gasteiger partial charge in [-0.25, -0.2) is 0 Å². The molecule has 0 atom stereocenters. The van der Waals surface area contributed by atoms with Crippen molar-refractivity contribution in [1.29, 1.82) is 0 Å². The Balaban J connectivity index is 2.20. The quantitative estimate of drug-likeness (QED) is 0.676. The van der Waals surface area contributed by atoms with Crippen molar-refractivity contribution >= 4 is 13.0 Å². The molecule has 4 nitrogen and oxygen atoms in total. The van der Waals surface area contributed by atoms with E-state index in [-0.39, 0.29) is 5.91 Å². The van der Waals surface area contributed by atoms with E-state index < -0.39 is 18.3 Å². The first-order chi connectivity index (χ1) is 7.33. The average molecular weight is 223 g/mol. The Morgan fingerprint density at radius 1 is 1.25 bits per heavy atom. The lowest BCUT2D eigenvalue weighted by Crippen LogP contribution is -2.41. The molecule has 1 amide bonds. The van der Waals surface area contributed by atoms with Gasteiger partial charge in [-0.05, 0) is 34.1 Å². The van der Waals surface area contributed by atoms with Gasteiger partial charge in [-0.1, -0.05) is 6.08 Å². The molecule has 2 heterocycles. The van der Waals surface area contributed by atoms with Gasteiger partial charge in [-0.3, -0.25) is 4.79 Å². The van der Waals surface area contributed by atoms with Gasteiger partial charge in [0.2, 0.25) is 5.91 Å². The highest BCUT2D eigenvalue weighted by Gasteiger charge is 2.53. The van der Waals surface area contributed by atoms with Crippen LogP contribution in [-0.2, 0) is 14.1 Å². The second-order valence-corrected chi connectivity index (χ2v) is 5.29. The average Bonchev–Trinajstić information content (AvgIpc) is 2.36. The topological polar surface area (TPSA) is 47.6 Å². The Morgan fingerprint density at radius 2 is 1.81 bits per heavy atom. The van der Waals surface area contributed by atoms with Crippen LogP contribution in [0.4, 0.5) is 0 Å². The minimum Gasteiger partial charge on any atom is -0.399 e.